The summed E-state index contributed by atoms with van der Waals surface area (Å²) in [5, 5.41) is 0. The Morgan fingerprint density at radius 2 is 2.46 bits per heavy atom. The molecule has 76 valence electrons. The van der Waals surface area contributed by atoms with E-state index < -0.39 is 0 Å². The van der Waals surface area contributed by atoms with Crippen molar-refractivity contribution in [2.24, 2.45) is 5.73 Å². The van der Waals surface area contributed by atoms with E-state index in [-0.39, 0.29) is 18.6 Å². The van der Waals surface area contributed by atoms with Crippen molar-refractivity contribution in [2.45, 2.75) is 25.9 Å². The SMILES string of the molecule is CCOC1CCCN(C(=O)CN)C1. The second-order valence-electron chi connectivity index (χ2n) is 3.26. The molecule has 1 fully saturated rings. The second kappa shape index (κ2) is 5.19. The molecule has 4 heteroatoms. The molecule has 13 heavy (non-hydrogen) atoms. The first-order valence-corrected chi connectivity index (χ1v) is 4.87. The van der Waals surface area contributed by atoms with Gasteiger partial charge < -0.3 is 15.4 Å². The molecule has 1 unspecified atom stereocenters. The molecular formula is C9H18N2O2. The third-order valence-corrected chi connectivity index (χ3v) is 2.31. The summed E-state index contributed by atoms with van der Waals surface area (Å²) in [6.07, 6.45) is 2.30. The molecule has 1 atom stereocenters. The van der Waals surface area contributed by atoms with E-state index in [0.29, 0.717) is 6.54 Å². The van der Waals surface area contributed by atoms with Crippen LogP contribution in [-0.2, 0) is 9.53 Å². The van der Waals surface area contributed by atoms with Gasteiger partial charge in [-0.15, -0.1) is 0 Å². The fraction of sp³-hybridized carbons (Fsp3) is 0.889. The number of ether oxygens (including phenoxy) is 1. The number of carbonyl (C=O) groups is 1. The van der Waals surface area contributed by atoms with Crippen LogP contribution in [0.5, 0.6) is 0 Å². The van der Waals surface area contributed by atoms with Crippen molar-refractivity contribution in [1.29, 1.82) is 0 Å². The van der Waals surface area contributed by atoms with Crippen LogP contribution in [0.4, 0.5) is 0 Å². The van der Waals surface area contributed by atoms with Crippen LogP contribution in [0.3, 0.4) is 0 Å². The van der Waals surface area contributed by atoms with Gasteiger partial charge in [-0.1, -0.05) is 0 Å². The zero-order valence-electron chi connectivity index (χ0n) is 8.16. The predicted molar refractivity (Wildman–Crippen MR) is 50.3 cm³/mol. The van der Waals surface area contributed by atoms with Gasteiger partial charge >= 0.3 is 0 Å². The van der Waals surface area contributed by atoms with Crippen LogP contribution >= 0.6 is 0 Å². The van der Waals surface area contributed by atoms with Crippen LogP contribution in [0.15, 0.2) is 0 Å². The smallest absolute Gasteiger partial charge is 0.236 e. The summed E-state index contributed by atoms with van der Waals surface area (Å²) in [6.45, 7) is 4.35. The molecule has 0 radical (unpaired) electrons. The molecule has 2 N–H and O–H groups in total. The number of piperidine rings is 1. The third-order valence-electron chi connectivity index (χ3n) is 2.31. The normalized spacial score (nSPS) is 23.2. The van der Waals surface area contributed by atoms with Gasteiger partial charge in [-0.3, -0.25) is 4.79 Å². The van der Waals surface area contributed by atoms with Crippen LogP contribution < -0.4 is 5.73 Å². The van der Waals surface area contributed by atoms with E-state index in [0.717, 1.165) is 26.0 Å². The molecule has 1 amide bonds. The van der Waals surface area contributed by atoms with Crippen LogP contribution in [0, 0.1) is 0 Å². The Morgan fingerprint density at radius 1 is 1.69 bits per heavy atom. The van der Waals surface area contributed by atoms with Gasteiger partial charge in [-0.25, -0.2) is 0 Å². The Bertz CT molecular complexity index is 171. The van der Waals surface area contributed by atoms with Gasteiger partial charge in [0.25, 0.3) is 0 Å². The summed E-state index contributed by atoms with van der Waals surface area (Å²) in [4.78, 5) is 13.1. The quantitative estimate of drug-likeness (QED) is 0.673. The van der Waals surface area contributed by atoms with Gasteiger partial charge in [0.15, 0.2) is 0 Å². The van der Waals surface area contributed by atoms with E-state index in [9.17, 15) is 4.79 Å². The fourth-order valence-electron chi connectivity index (χ4n) is 1.67. The molecule has 0 aliphatic carbocycles. The molecule has 0 spiro atoms. The zero-order valence-corrected chi connectivity index (χ0v) is 8.16. The third kappa shape index (κ3) is 2.97. The Balaban J connectivity index is 2.37. The maximum atomic E-state index is 11.3. The van der Waals surface area contributed by atoms with Gasteiger partial charge in [0.1, 0.15) is 0 Å². The highest BCUT2D eigenvalue weighted by Gasteiger charge is 2.22. The monoisotopic (exact) mass is 186 g/mol. The molecule has 0 bridgehead atoms. The minimum atomic E-state index is 0.0319. The minimum Gasteiger partial charge on any atom is -0.377 e. The van der Waals surface area contributed by atoms with E-state index >= 15 is 0 Å². The van der Waals surface area contributed by atoms with E-state index in [2.05, 4.69) is 0 Å². The highest BCUT2D eigenvalue weighted by molar-refractivity contribution is 5.78. The highest BCUT2D eigenvalue weighted by atomic mass is 16.5. The van der Waals surface area contributed by atoms with Gasteiger partial charge in [-0.2, -0.15) is 0 Å². The van der Waals surface area contributed by atoms with Gasteiger partial charge in [0.2, 0.25) is 5.91 Å². The molecule has 4 nitrogen and oxygen atoms in total. The Morgan fingerprint density at radius 3 is 3.08 bits per heavy atom. The zero-order chi connectivity index (χ0) is 9.68. The van der Waals surface area contributed by atoms with Crippen molar-refractivity contribution < 1.29 is 9.53 Å². The van der Waals surface area contributed by atoms with Crippen LogP contribution in [0.1, 0.15) is 19.8 Å². The van der Waals surface area contributed by atoms with E-state index in [1.54, 1.807) is 4.90 Å². The Labute approximate surface area is 79.0 Å². The number of nitrogens with zero attached hydrogens (tertiary/aromatic N) is 1. The van der Waals surface area contributed by atoms with Crippen molar-refractivity contribution in [3.8, 4) is 0 Å². The molecule has 0 aromatic rings. The van der Waals surface area contributed by atoms with Crippen molar-refractivity contribution in [1.82, 2.24) is 4.90 Å². The lowest BCUT2D eigenvalue weighted by molar-refractivity contribution is -0.133. The summed E-state index contributed by atoms with van der Waals surface area (Å²) in [5.74, 6) is 0.0319. The molecule has 0 saturated carbocycles. The summed E-state index contributed by atoms with van der Waals surface area (Å²) in [5.41, 5.74) is 5.29. The minimum absolute atomic E-state index is 0.0319. The number of hydrogen-bond donors (Lipinski definition) is 1. The maximum absolute atomic E-state index is 11.3. The van der Waals surface area contributed by atoms with Crippen molar-refractivity contribution >= 4 is 5.91 Å². The fourth-order valence-corrected chi connectivity index (χ4v) is 1.67. The number of amides is 1. The van der Waals surface area contributed by atoms with Gasteiger partial charge in [-0.05, 0) is 19.8 Å². The van der Waals surface area contributed by atoms with E-state index in [1.165, 1.54) is 0 Å². The van der Waals surface area contributed by atoms with Gasteiger partial charge in [0.05, 0.1) is 12.6 Å². The van der Waals surface area contributed by atoms with Gasteiger partial charge in [0, 0.05) is 19.7 Å². The number of nitrogens with two attached hydrogens (primary N) is 1. The summed E-state index contributed by atoms with van der Waals surface area (Å²) in [7, 11) is 0. The molecule has 0 aromatic heterocycles. The first-order chi connectivity index (χ1) is 6.27. The molecule has 1 rings (SSSR count). The molecule has 0 aromatic carbocycles. The first kappa shape index (κ1) is 10.5. The average Bonchev–Trinajstić information content (AvgIpc) is 2.18. The number of rotatable bonds is 3. The first-order valence-electron chi connectivity index (χ1n) is 4.87. The molecule has 1 saturated heterocycles. The predicted octanol–water partition coefficient (Wildman–Crippen LogP) is -0.0274. The summed E-state index contributed by atoms with van der Waals surface area (Å²) < 4.78 is 5.47. The Hall–Kier alpha value is -0.610. The average molecular weight is 186 g/mol. The van der Waals surface area contributed by atoms with Crippen LogP contribution in [0.25, 0.3) is 0 Å². The lowest BCUT2D eigenvalue weighted by atomic mass is 10.1. The lowest BCUT2D eigenvalue weighted by Gasteiger charge is -2.32. The molecule has 1 aliphatic heterocycles. The van der Waals surface area contributed by atoms with Crippen LogP contribution in [-0.4, -0.2) is 43.2 Å². The standard InChI is InChI=1S/C9H18N2O2/c1-2-13-8-4-3-5-11(7-8)9(12)6-10/h8H,2-7,10H2,1H3. The van der Waals surface area contributed by atoms with Crippen molar-refractivity contribution in [3.63, 3.8) is 0 Å². The molecule has 1 aliphatic rings. The molecular weight excluding hydrogens is 168 g/mol. The second-order valence-corrected chi connectivity index (χ2v) is 3.26. The maximum Gasteiger partial charge on any atom is 0.236 e. The summed E-state index contributed by atoms with van der Waals surface area (Å²) in [6, 6.07) is 0. The number of hydrogen-bond acceptors (Lipinski definition) is 3. The highest BCUT2D eigenvalue weighted by Crippen LogP contribution is 2.12. The summed E-state index contributed by atoms with van der Waals surface area (Å²) >= 11 is 0. The number of carbonyl (C=O) groups excluding carboxylic acids is 1. The Kier molecular flexibility index (Phi) is 4.18. The van der Waals surface area contributed by atoms with E-state index in [4.69, 9.17) is 10.5 Å². The van der Waals surface area contributed by atoms with E-state index in [1.807, 2.05) is 6.92 Å². The number of likely N-dealkylation sites (tertiary alicyclic amines) is 1. The van der Waals surface area contributed by atoms with Crippen molar-refractivity contribution in [2.75, 3.05) is 26.2 Å². The van der Waals surface area contributed by atoms with Crippen LogP contribution in [0.2, 0.25) is 0 Å². The molecule has 1 heterocycles. The topological polar surface area (TPSA) is 55.6 Å². The van der Waals surface area contributed by atoms with Crippen molar-refractivity contribution in [3.05, 3.63) is 0 Å². The lowest BCUT2D eigenvalue weighted by Crippen LogP contribution is -2.45. The largest absolute Gasteiger partial charge is 0.377 e.